The molecule has 1 aliphatic rings. The molecule has 1 aromatic rings. The number of carboxylic acid groups (broad SMARTS) is 1. The summed E-state index contributed by atoms with van der Waals surface area (Å²) >= 11 is 0. The lowest BCUT2D eigenvalue weighted by Gasteiger charge is -2.40. The Kier molecular flexibility index (Phi) is 2.72. The van der Waals surface area contributed by atoms with Gasteiger partial charge in [-0.05, 0) is 17.7 Å². The molecule has 0 bridgehead atoms. The normalized spacial score (nSPS) is 20.9. The number of benzene rings is 1. The lowest BCUT2D eigenvalue weighted by atomic mass is 9.99. The van der Waals surface area contributed by atoms with Crippen LogP contribution in [-0.4, -0.2) is 39.6 Å². The molecular weight excluding hydrogens is 224 g/mol. The molecular formula is C11H12N2O4. The zero-order valence-corrected chi connectivity index (χ0v) is 8.91. The molecule has 1 fully saturated rings. The van der Waals surface area contributed by atoms with E-state index in [9.17, 15) is 9.59 Å². The molecule has 1 aromatic carbocycles. The minimum absolute atomic E-state index is 0.0459. The van der Waals surface area contributed by atoms with Gasteiger partial charge >= 0.3 is 5.97 Å². The van der Waals surface area contributed by atoms with Crippen LogP contribution in [-0.2, 0) is 9.59 Å². The molecule has 90 valence electrons. The Bertz CT molecular complexity index is 457. The van der Waals surface area contributed by atoms with Gasteiger partial charge in [0.25, 0.3) is 0 Å². The highest BCUT2D eigenvalue weighted by molar-refractivity contribution is 5.92. The highest BCUT2D eigenvalue weighted by atomic mass is 16.4. The van der Waals surface area contributed by atoms with Gasteiger partial charge in [-0.2, -0.15) is 0 Å². The highest BCUT2D eigenvalue weighted by Crippen LogP contribution is 2.27. The van der Waals surface area contributed by atoms with Crippen LogP contribution in [0, 0.1) is 0 Å². The van der Waals surface area contributed by atoms with Gasteiger partial charge in [-0.25, -0.2) is 4.79 Å². The van der Waals surface area contributed by atoms with Crippen molar-refractivity contribution in [2.24, 2.45) is 5.73 Å². The van der Waals surface area contributed by atoms with E-state index in [0.29, 0.717) is 5.56 Å². The van der Waals surface area contributed by atoms with Gasteiger partial charge in [0.2, 0.25) is 5.91 Å². The number of hydrogen-bond donors (Lipinski definition) is 3. The number of nitrogens with zero attached hydrogens (tertiary/aromatic N) is 1. The van der Waals surface area contributed by atoms with Gasteiger partial charge in [0.1, 0.15) is 11.8 Å². The Hall–Kier alpha value is -2.08. The van der Waals surface area contributed by atoms with E-state index in [2.05, 4.69) is 0 Å². The SMILES string of the molecule is N[C@@H]1CN([C@H](C(=O)O)c2ccc(O)cc2)C1=O. The molecule has 0 aromatic heterocycles. The van der Waals surface area contributed by atoms with Crippen LogP contribution in [0.3, 0.4) is 0 Å². The molecule has 0 saturated carbocycles. The van der Waals surface area contributed by atoms with E-state index in [1.54, 1.807) is 0 Å². The van der Waals surface area contributed by atoms with Crippen LogP contribution < -0.4 is 5.73 Å². The van der Waals surface area contributed by atoms with Crippen LogP contribution >= 0.6 is 0 Å². The molecule has 6 nitrogen and oxygen atoms in total. The second-order valence-electron chi connectivity index (χ2n) is 3.93. The predicted octanol–water partition coefficient (Wildman–Crippen LogP) is -0.313. The number of β-lactam (4-membered cyclic amide) rings is 1. The van der Waals surface area contributed by atoms with Crippen LogP contribution in [0.25, 0.3) is 0 Å². The smallest absolute Gasteiger partial charge is 0.331 e. The fourth-order valence-corrected chi connectivity index (χ4v) is 1.83. The van der Waals surface area contributed by atoms with Crippen LogP contribution in [0.15, 0.2) is 24.3 Å². The van der Waals surface area contributed by atoms with E-state index in [4.69, 9.17) is 15.9 Å². The average molecular weight is 236 g/mol. The molecule has 2 rings (SSSR count). The summed E-state index contributed by atoms with van der Waals surface area (Å²) in [6.07, 6.45) is 0. The quantitative estimate of drug-likeness (QED) is 0.624. The minimum atomic E-state index is -1.11. The van der Waals surface area contributed by atoms with E-state index in [1.165, 1.54) is 29.2 Å². The van der Waals surface area contributed by atoms with Gasteiger partial charge in [0.15, 0.2) is 6.04 Å². The van der Waals surface area contributed by atoms with Crippen molar-refractivity contribution in [2.45, 2.75) is 12.1 Å². The molecule has 0 radical (unpaired) electrons. The van der Waals surface area contributed by atoms with Crippen molar-refractivity contribution in [1.29, 1.82) is 0 Å². The highest BCUT2D eigenvalue weighted by Gasteiger charge is 2.42. The van der Waals surface area contributed by atoms with Gasteiger partial charge < -0.3 is 20.8 Å². The van der Waals surface area contributed by atoms with Crippen LogP contribution in [0.4, 0.5) is 0 Å². The standard InChI is InChI=1S/C11H12N2O4/c12-8-5-13(10(8)15)9(11(16)17)6-1-3-7(14)4-2-6/h1-4,8-9,14H,5,12H2,(H,16,17)/t8-,9+/m1/s1. The fourth-order valence-electron chi connectivity index (χ4n) is 1.83. The number of amides is 1. The third-order valence-corrected chi connectivity index (χ3v) is 2.75. The molecule has 1 saturated heterocycles. The molecule has 1 aliphatic heterocycles. The summed E-state index contributed by atoms with van der Waals surface area (Å²) in [4.78, 5) is 23.8. The Labute approximate surface area is 97.3 Å². The van der Waals surface area contributed by atoms with Crippen molar-refractivity contribution < 1.29 is 19.8 Å². The van der Waals surface area contributed by atoms with E-state index in [0.717, 1.165) is 0 Å². The number of carbonyl (C=O) groups is 2. The Morgan fingerprint density at radius 1 is 1.41 bits per heavy atom. The van der Waals surface area contributed by atoms with Crippen molar-refractivity contribution in [3.05, 3.63) is 29.8 Å². The molecule has 2 atom stereocenters. The second-order valence-corrected chi connectivity index (χ2v) is 3.93. The van der Waals surface area contributed by atoms with Crippen molar-refractivity contribution in [3.63, 3.8) is 0 Å². The summed E-state index contributed by atoms with van der Waals surface area (Å²) < 4.78 is 0. The van der Waals surface area contributed by atoms with Crippen molar-refractivity contribution >= 4 is 11.9 Å². The number of hydrogen-bond acceptors (Lipinski definition) is 4. The minimum Gasteiger partial charge on any atom is -0.508 e. The molecule has 17 heavy (non-hydrogen) atoms. The maximum absolute atomic E-state index is 11.4. The topological polar surface area (TPSA) is 104 Å². The van der Waals surface area contributed by atoms with E-state index in [-0.39, 0.29) is 18.2 Å². The maximum Gasteiger partial charge on any atom is 0.331 e. The number of rotatable bonds is 3. The van der Waals surface area contributed by atoms with Gasteiger partial charge in [0.05, 0.1) is 0 Å². The molecule has 6 heteroatoms. The number of aromatic hydroxyl groups is 1. The van der Waals surface area contributed by atoms with Gasteiger partial charge in [-0.1, -0.05) is 12.1 Å². The Balaban J connectivity index is 2.27. The zero-order valence-electron chi connectivity index (χ0n) is 8.91. The molecule has 1 heterocycles. The first-order valence-corrected chi connectivity index (χ1v) is 5.08. The Morgan fingerprint density at radius 3 is 2.41 bits per heavy atom. The van der Waals surface area contributed by atoms with Crippen molar-refractivity contribution in [3.8, 4) is 5.75 Å². The number of carbonyl (C=O) groups excluding carboxylic acids is 1. The van der Waals surface area contributed by atoms with Gasteiger partial charge in [-0.15, -0.1) is 0 Å². The largest absolute Gasteiger partial charge is 0.508 e. The number of aliphatic carboxylic acids is 1. The molecule has 1 amide bonds. The zero-order chi connectivity index (χ0) is 12.6. The summed E-state index contributed by atoms with van der Waals surface area (Å²) in [7, 11) is 0. The molecule has 0 spiro atoms. The lowest BCUT2D eigenvalue weighted by Crippen LogP contribution is -2.62. The van der Waals surface area contributed by atoms with Crippen LogP contribution in [0.1, 0.15) is 11.6 Å². The Morgan fingerprint density at radius 2 is 2.00 bits per heavy atom. The van der Waals surface area contributed by atoms with Crippen LogP contribution in [0.5, 0.6) is 5.75 Å². The van der Waals surface area contributed by atoms with Crippen molar-refractivity contribution in [1.82, 2.24) is 4.90 Å². The van der Waals surface area contributed by atoms with E-state index in [1.807, 2.05) is 0 Å². The second kappa shape index (κ2) is 4.06. The summed E-state index contributed by atoms with van der Waals surface area (Å²) in [5, 5.41) is 18.3. The number of carboxylic acids is 1. The molecule has 4 N–H and O–H groups in total. The third-order valence-electron chi connectivity index (χ3n) is 2.75. The lowest BCUT2D eigenvalue weighted by molar-refractivity contribution is -0.158. The first kappa shape index (κ1) is 11.4. The molecule has 0 unspecified atom stereocenters. The van der Waals surface area contributed by atoms with Crippen LogP contribution in [0.2, 0.25) is 0 Å². The molecule has 0 aliphatic carbocycles. The summed E-state index contributed by atoms with van der Waals surface area (Å²) in [6.45, 7) is 0.233. The number of phenols is 1. The van der Waals surface area contributed by atoms with Crippen molar-refractivity contribution in [2.75, 3.05) is 6.54 Å². The van der Waals surface area contributed by atoms with E-state index < -0.39 is 18.1 Å². The first-order chi connectivity index (χ1) is 8.00. The third kappa shape index (κ3) is 1.94. The summed E-state index contributed by atoms with van der Waals surface area (Å²) in [5.74, 6) is -1.44. The van der Waals surface area contributed by atoms with E-state index >= 15 is 0 Å². The predicted molar refractivity (Wildman–Crippen MR) is 58.2 cm³/mol. The van der Waals surface area contributed by atoms with Gasteiger partial charge in [-0.3, -0.25) is 4.79 Å². The number of likely N-dealkylation sites (tertiary alicyclic amines) is 1. The summed E-state index contributed by atoms with van der Waals surface area (Å²) in [5.41, 5.74) is 5.87. The average Bonchev–Trinajstić information content (AvgIpc) is 2.30. The van der Waals surface area contributed by atoms with Gasteiger partial charge in [0, 0.05) is 6.54 Å². The number of nitrogens with two attached hydrogens (primary N) is 1. The number of phenolic OH excluding ortho intramolecular Hbond substituents is 1. The maximum atomic E-state index is 11.4. The summed E-state index contributed by atoms with van der Waals surface area (Å²) in [6, 6.07) is 4.08. The monoisotopic (exact) mass is 236 g/mol. The first-order valence-electron chi connectivity index (χ1n) is 5.08. The fraction of sp³-hybridized carbons (Fsp3) is 0.273.